The van der Waals surface area contributed by atoms with E-state index in [1.54, 1.807) is 11.3 Å². The summed E-state index contributed by atoms with van der Waals surface area (Å²) in [6.45, 7) is 3.03. The highest BCUT2D eigenvalue weighted by molar-refractivity contribution is 9.12. The normalized spacial score (nSPS) is 12.6. The molecule has 1 aromatic carbocycles. The maximum Gasteiger partial charge on any atom is 0.127 e. The summed E-state index contributed by atoms with van der Waals surface area (Å²) in [4.78, 5) is 0. The highest BCUT2D eigenvalue weighted by atomic mass is 79.9. The smallest absolute Gasteiger partial charge is 0.127 e. The van der Waals surface area contributed by atoms with Crippen molar-refractivity contribution in [2.45, 2.75) is 25.8 Å². The molecule has 1 aromatic heterocycles. The molecular formula is C15H15Br3FNS. The molecule has 0 saturated heterocycles. The first-order valence-electron chi connectivity index (χ1n) is 6.63. The van der Waals surface area contributed by atoms with Gasteiger partial charge in [-0.1, -0.05) is 28.9 Å². The minimum Gasteiger partial charge on any atom is -0.310 e. The zero-order chi connectivity index (χ0) is 15.4. The van der Waals surface area contributed by atoms with Gasteiger partial charge >= 0.3 is 0 Å². The van der Waals surface area contributed by atoms with Crippen LogP contribution in [0.3, 0.4) is 0 Å². The molecule has 114 valence electrons. The van der Waals surface area contributed by atoms with Gasteiger partial charge in [0.25, 0.3) is 0 Å². The lowest BCUT2D eigenvalue weighted by atomic mass is 10.0. The summed E-state index contributed by atoms with van der Waals surface area (Å²) in [5, 5.41) is 3.51. The molecule has 0 fully saturated rings. The van der Waals surface area contributed by atoms with E-state index in [1.165, 1.54) is 11.6 Å². The molecule has 1 atom stereocenters. The van der Waals surface area contributed by atoms with E-state index in [-0.39, 0.29) is 11.9 Å². The van der Waals surface area contributed by atoms with Gasteiger partial charge in [-0.25, -0.2) is 4.39 Å². The minimum absolute atomic E-state index is 0.0950. The zero-order valence-electron chi connectivity index (χ0n) is 11.4. The van der Waals surface area contributed by atoms with Crippen LogP contribution < -0.4 is 5.32 Å². The molecule has 0 aliphatic rings. The van der Waals surface area contributed by atoms with Crippen molar-refractivity contribution in [3.63, 3.8) is 0 Å². The average Bonchev–Trinajstić information content (AvgIpc) is 2.76. The molecule has 6 heteroatoms. The van der Waals surface area contributed by atoms with Crippen molar-refractivity contribution < 1.29 is 4.39 Å². The Balaban J connectivity index is 2.26. The lowest BCUT2D eigenvalue weighted by Crippen LogP contribution is -2.24. The fourth-order valence-corrected chi connectivity index (χ4v) is 5.42. The minimum atomic E-state index is -0.168. The SMILES string of the molecule is CCCNC(Cc1ccc(Br)cc1F)c1cc(Br)sc1Br. The molecule has 21 heavy (non-hydrogen) atoms. The molecule has 0 amide bonds. The third-order valence-electron chi connectivity index (χ3n) is 3.14. The number of rotatable bonds is 6. The first kappa shape index (κ1) is 17.6. The van der Waals surface area contributed by atoms with E-state index in [2.05, 4.69) is 66.1 Å². The number of hydrogen-bond donors (Lipinski definition) is 1. The maximum atomic E-state index is 14.1. The van der Waals surface area contributed by atoms with Crippen LogP contribution in [0.15, 0.2) is 36.3 Å². The summed E-state index contributed by atoms with van der Waals surface area (Å²) in [5.74, 6) is -0.168. The first-order valence-corrected chi connectivity index (χ1v) is 9.82. The van der Waals surface area contributed by atoms with Crippen LogP contribution in [0.2, 0.25) is 0 Å². The first-order chi connectivity index (χ1) is 10.0. The maximum absolute atomic E-state index is 14.1. The van der Waals surface area contributed by atoms with E-state index in [1.807, 2.05) is 12.1 Å². The Morgan fingerprint density at radius 3 is 2.57 bits per heavy atom. The van der Waals surface area contributed by atoms with Gasteiger partial charge in [0.15, 0.2) is 0 Å². The Morgan fingerprint density at radius 1 is 1.24 bits per heavy atom. The number of benzene rings is 1. The largest absolute Gasteiger partial charge is 0.310 e. The van der Waals surface area contributed by atoms with Crippen LogP contribution in [0.25, 0.3) is 0 Å². The molecule has 2 aromatic rings. The average molecular weight is 500 g/mol. The van der Waals surface area contributed by atoms with E-state index in [0.29, 0.717) is 6.42 Å². The van der Waals surface area contributed by atoms with Gasteiger partial charge in [0.2, 0.25) is 0 Å². The summed E-state index contributed by atoms with van der Waals surface area (Å²) >= 11 is 12.0. The van der Waals surface area contributed by atoms with Crippen molar-refractivity contribution >= 4 is 59.1 Å². The van der Waals surface area contributed by atoms with Crippen LogP contribution in [0.4, 0.5) is 4.39 Å². The van der Waals surface area contributed by atoms with Crippen molar-refractivity contribution in [1.82, 2.24) is 5.32 Å². The molecule has 0 saturated carbocycles. The van der Waals surface area contributed by atoms with Gasteiger partial charge in [-0.05, 0) is 80.6 Å². The fraction of sp³-hybridized carbons (Fsp3) is 0.333. The highest BCUT2D eigenvalue weighted by Gasteiger charge is 2.19. The molecule has 1 N–H and O–H groups in total. The molecule has 2 rings (SSSR count). The Bertz CT molecular complexity index is 615. The summed E-state index contributed by atoms with van der Waals surface area (Å²) in [7, 11) is 0. The topological polar surface area (TPSA) is 12.0 Å². The number of nitrogens with one attached hydrogen (secondary N) is 1. The molecule has 1 unspecified atom stereocenters. The highest BCUT2D eigenvalue weighted by Crippen LogP contribution is 2.37. The molecular weight excluding hydrogens is 485 g/mol. The number of hydrogen-bond acceptors (Lipinski definition) is 2. The molecule has 0 bridgehead atoms. The molecule has 1 heterocycles. The second-order valence-electron chi connectivity index (χ2n) is 4.73. The van der Waals surface area contributed by atoms with Gasteiger partial charge in [-0.3, -0.25) is 0 Å². The Hall–Kier alpha value is 0.250. The standard InChI is InChI=1S/C15H15Br3FNS/c1-2-5-20-13(11-8-14(17)21-15(11)18)6-9-3-4-10(16)7-12(9)19/h3-4,7-8,13,20H,2,5-6H2,1H3. The second-order valence-corrected chi connectivity index (χ2v) is 9.39. The van der Waals surface area contributed by atoms with Crippen LogP contribution in [0.1, 0.15) is 30.5 Å². The fourth-order valence-electron chi connectivity index (χ4n) is 2.11. The van der Waals surface area contributed by atoms with Crippen molar-refractivity contribution in [3.8, 4) is 0 Å². The van der Waals surface area contributed by atoms with Gasteiger partial charge in [0.1, 0.15) is 5.82 Å². The van der Waals surface area contributed by atoms with E-state index in [9.17, 15) is 4.39 Å². The Morgan fingerprint density at radius 2 is 2.00 bits per heavy atom. The van der Waals surface area contributed by atoms with Gasteiger partial charge in [0, 0.05) is 10.5 Å². The zero-order valence-corrected chi connectivity index (χ0v) is 17.0. The van der Waals surface area contributed by atoms with Crippen LogP contribution in [0, 0.1) is 5.82 Å². The lowest BCUT2D eigenvalue weighted by Gasteiger charge is -2.19. The molecule has 0 aliphatic carbocycles. The van der Waals surface area contributed by atoms with E-state index in [0.717, 1.165) is 30.6 Å². The van der Waals surface area contributed by atoms with E-state index in [4.69, 9.17) is 0 Å². The van der Waals surface area contributed by atoms with Gasteiger partial charge in [0.05, 0.1) is 7.57 Å². The summed E-state index contributed by atoms with van der Waals surface area (Å²) in [6, 6.07) is 7.44. The molecule has 0 radical (unpaired) electrons. The summed E-state index contributed by atoms with van der Waals surface area (Å²) < 4.78 is 17.0. The predicted molar refractivity (Wildman–Crippen MR) is 98.6 cm³/mol. The third-order valence-corrected chi connectivity index (χ3v) is 6.02. The van der Waals surface area contributed by atoms with E-state index < -0.39 is 0 Å². The Kier molecular flexibility index (Phi) is 6.87. The van der Waals surface area contributed by atoms with Crippen molar-refractivity contribution in [2.75, 3.05) is 6.54 Å². The van der Waals surface area contributed by atoms with Crippen LogP contribution >= 0.6 is 59.1 Å². The van der Waals surface area contributed by atoms with Gasteiger partial charge in [-0.2, -0.15) is 0 Å². The Labute approximate surface area is 153 Å². The van der Waals surface area contributed by atoms with Crippen LogP contribution in [0.5, 0.6) is 0 Å². The van der Waals surface area contributed by atoms with Crippen molar-refractivity contribution in [2.24, 2.45) is 0 Å². The van der Waals surface area contributed by atoms with Gasteiger partial charge in [-0.15, -0.1) is 11.3 Å². The molecule has 0 aliphatic heterocycles. The summed E-state index contributed by atoms with van der Waals surface area (Å²) in [5.41, 5.74) is 1.89. The van der Waals surface area contributed by atoms with Crippen molar-refractivity contribution in [1.29, 1.82) is 0 Å². The number of thiophene rings is 1. The van der Waals surface area contributed by atoms with Crippen molar-refractivity contribution in [3.05, 3.63) is 53.3 Å². The van der Waals surface area contributed by atoms with Crippen LogP contribution in [-0.2, 0) is 6.42 Å². The predicted octanol–water partition coefficient (Wildman–Crippen LogP) is 6.46. The molecule has 1 nitrogen and oxygen atoms in total. The molecule has 0 spiro atoms. The lowest BCUT2D eigenvalue weighted by molar-refractivity contribution is 0.512. The monoisotopic (exact) mass is 497 g/mol. The van der Waals surface area contributed by atoms with Gasteiger partial charge < -0.3 is 5.32 Å². The quantitative estimate of drug-likeness (QED) is 0.481. The van der Waals surface area contributed by atoms with E-state index >= 15 is 0 Å². The van der Waals surface area contributed by atoms with Crippen LogP contribution in [-0.4, -0.2) is 6.54 Å². The second kappa shape index (κ2) is 8.20. The third kappa shape index (κ3) is 4.86. The number of halogens is 4. The summed E-state index contributed by atoms with van der Waals surface area (Å²) in [6.07, 6.45) is 1.67.